The number of benzene rings is 2. The highest BCUT2D eigenvalue weighted by Gasteiger charge is 2.02. The van der Waals surface area contributed by atoms with E-state index >= 15 is 0 Å². The molecule has 7 nitrogen and oxygen atoms in total. The second-order valence-corrected chi connectivity index (χ2v) is 5.77. The van der Waals surface area contributed by atoms with Gasteiger partial charge in [0.05, 0.1) is 6.61 Å². The maximum atomic E-state index is 10.8. The zero-order chi connectivity index (χ0) is 19.3. The van der Waals surface area contributed by atoms with E-state index in [1.165, 1.54) is 0 Å². The van der Waals surface area contributed by atoms with Crippen molar-refractivity contribution in [3.8, 4) is 11.5 Å². The molecular weight excluding hydrogens is 471 g/mol. The molecule has 4 N–H and O–H groups in total. The Labute approximate surface area is 182 Å². The molecule has 0 fully saturated rings. The molecule has 0 saturated heterocycles. The van der Waals surface area contributed by atoms with Gasteiger partial charge in [0.15, 0.2) is 12.6 Å². The van der Waals surface area contributed by atoms with Crippen LogP contribution >= 0.6 is 24.0 Å². The SMILES string of the molecule is CN=C(NCCCOc1ccccc1)NCc1cccc(OCC(N)=O)c1.I. The zero-order valence-electron chi connectivity index (χ0n) is 15.9. The first-order valence-electron chi connectivity index (χ1n) is 8.80. The van der Waals surface area contributed by atoms with Gasteiger partial charge in [-0.15, -0.1) is 24.0 Å². The van der Waals surface area contributed by atoms with Crippen LogP contribution in [0.4, 0.5) is 0 Å². The summed E-state index contributed by atoms with van der Waals surface area (Å²) in [6.07, 6.45) is 0.853. The highest BCUT2D eigenvalue weighted by Crippen LogP contribution is 2.13. The van der Waals surface area contributed by atoms with Gasteiger partial charge in [-0.25, -0.2) is 0 Å². The summed E-state index contributed by atoms with van der Waals surface area (Å²) in [7, 11) is 1.72. The summed E-state index contributed by atoms with van der Waals surface area (Å²) >= 11 is 0. The van der Waals surface area contributed by atoms with E-state index in [0.717, 1.165) is 24.3 Å². The molecule has 0 saturated carbocycles. The van der Waals surface area contributed by atoms with Crippen molar-refractivity contribution in [3.05, 3.63) is 60.2 Å². The summed E-state index contributed by atoms with van der Waals surface area (Å²) in [5.41, 5.74) is 6.09. The van der Waals surface area contributed by atoms with E-state index in [1.807, 2.05) is 48.5 Å². The van der Waals surface area contributed by atoms with Crippen molar-refractivity contribution in [2.45, 2.75) is 13.0 Å². The van der Waals surface area contributed by atoms with Crippen LogP contribution in [0.25, 0.3) is 0 Å². The van der Waals surface area contributed by atoms with Crippen LogP contribution in [0, 0.1) is 0 Å². The number of primary amides is 1. The first-order valence-corrected chi connectivity index (χ1v) is 8.80. The van der Waals surface area contributed by atoms with Gasteiger partial charge < -0.3 is 25.8 Å². The Morgan fingerprint density at radius 2 is 1.79 bits per heavy atom. The van der Waals surface area contributed by atoms with E-state index in [0.29, 0.717) is 24.9 Å². The largest absolute Gasteiger partial charge is 0.494 e. The van der Waals surface area contributed by atoms with Gasteiger partial charge in [0.1, 0.15) is 11.5 Å². The number of amides is 1. The first-order chi connectivity index (χ1) is 13.2. The van der Waals surface area contributed by atoms with Gasteiger partial charge in [0, 0.05) is 20.1 Å². The molecule has 0 bridgehead atoms. The van der Waals surface area contributed by atoms with Gasteiger partial charge in [-0.2, -0.15) is 0 Å². The number of para-hydroxylation sites is 1. The summed E-state index contributed by atoms with van der Waals surface area (Å²) in [5.74, 6) is 1.69. The standard InChI is InChI=1S/C20H26N4O3.HI/c1-22-20(23-11-6-12-26-17-8-3-2-4-9-17)24-14-16-7-5-10-18(13-16)27-15-19(21)25;/h2-5,7-10,13H,6,11-12,14-15H2,1H3,(H2,21,25)(H2,22,23,24);1H. The van der Waals surface area contributed by atoms with E-state index in [4.69, 9.17) is 15.2 Å². The molecule has 0 heterocycles. The molecule has 8 heteroatoms. The lowest BCUT2D eigenvalue weighted by atomic mass is 10.2. The minimum absolute atomic E-state index is 0. The molecule has 0 radical (unpaired) electrons. The quantitative estimate of drug-likeness (QED) is 0.202. The molecule has 152 valence electrons. The van der Waals surface area contributed by atoms with Gasteiger partial charge >= 0.3 is 0 Å². The summed E-state index contributed by atoms with van der Waals surface area (Å²) < 4.78 is 11.0. The Hall–Kier alpha value is -2.49. The number of nitrogens with zero attached hydrogens (tertiary/aromatic N) is 1. The van der Waals surface area contributed by atoms with Crippen LogP contribution in [0.3, 0.4) is 0 Å². The maximum Gasteiger partial charge on any atom is 0.255 e. The minimum Gasteiger partial charge on any atom is -0.494 e. The van der Waals surface area contributed by atoms with Crippen molar-refractivity contribution in [3.63, 3.8) is 0 Å². The predicted molar refractivity (Wildman–Crippen MR) is 121 cm³/mol. The molecule has 28 heavy (non-hydrogen) atoms. The lowest BCUT2D eigenvalue weighted by Crippen LogP contribution is -2.37. The van der Waals surface area contributed by atoms with E-state index in [1.54, 1.807) is 13.1 Å². The summed E-state index contributed by atoms with van der Waals surface area (Å²) in [6.45, 7) is 1.82. The Balaban J connectivity index is 0.00000392. The fourth-order valence-corrected chi connectivity index (χ4v) is 2.29. The molecular formula is C20H27IN4O3. The number of carbonyl (C=O) groups is 1. The number of nitrogens with two attached hydrogens (primary N) is 1. The highest BCUT2D eigenvalue weighted by atomic mass is 127. The van der Waals surface area contributed by atoms with Gasteiger partial charge in [-0.3, -0.25) is 9.79 Å². The number of aliphatic imine (C=N–C) groups is 1. The van der Waals surface area contributed by atoms with Crippen LogP contribution in [-0.2, 0) is 11.3 Å². The molecule has 0 aliphatic carbocycles. The van der Waals surface area contributed by atoms with E-state index in [2.05, 4.69) is 15.6 Å². The van der Waals surface area contributed by atoms with Crippen molar-refractivity contribution < 1.29 is 14.3 Å². The summed E-state index contributed by atoms with van der Waals surface area (Å²) in [5, 5.41) is 6.48. The van der Waals surface area contributed by atoms with Gasteiger partial charge in [0.2, 0.25) is 0 Å². The molecule has 0 aliphatic heterocycles. The van der Waals surface area contributed by atoms with Crippen LogP contribution in [0.15, 0.2) is 59.6 Å². The van der Waals surface area contributed by atoms with Crippen molar-refractivity contribution in [2.24, 2.45) is 10.7 Å². The molecule has 2 aromatic carbocycles. The number of hydrogen-bond acceptors (Lipinski definition) is 4. The van der Waals surface area contributed by atoms with Crippen molar-refractivity contribution in [2.75, 3.05) is 26.8 Å². The Morgan fingerprint density at radius 3 is 2.50 bits per heavy atom. The van der Waals surface area contributed by atoms with E-state index in [9.17, 15) is 4.79 Å². The molecule has 0 spiro atoms. The number of rotatable bonds is 10. The van der Waals surface area contributed by atoms with Crippen molar-refractivity contribution in [1.82, 2.24) is 10.6 Å². The fourth-order valence-electron chi connectivity index (χ4n) is 2.29. The Morgan fingerprint density at radius 1 is 1.04 bits per heavy atom. The minimum atomic E-state index is -0.501. The number of hydrogen-bond donors (Lipinski definition) is 3. The zero-order valence-corrected chi connectivity index (χ0v) is 18.2. The average Bonchev–Trinajstić information content (AvgIpc) is 2.69. The number of nitrogens with one attached hydrogen (secondary N) is 2. The number of guanidine groups is 1. The first kappa shape index (κ1) is 23.5. The molecule has 1 amide bonds. The van der Waals surface area contributed by atoms with Crippen LogP contribution in [0.1, 0.15) is 12.0 Å². The number of halogens is 1. The third-order valence-corrected chi connectivity index (χ3v) is 3.59. The van der Waals surface area contributed by atoms with Crippen LogP contribution in [0.5, 0.6) is 11.5 Å². The fraction of sp³-hybridized carbons (Fsp3) is 0.300. The topological polar surface area (TPSA) is 98.0 Å². The predicted octanol–water partition coefficient (Wildman–Crippen LogP) is 2.30. The second-order valence-electron chi connectivity index (χ2n) is 5.77. The average molecular weight is 498 g/mol. The van der Waals surface area contributed by atoms with Crippen LogP contribution in [0.2, 0.25) is 0 Å². The van der Waals surface area contributed by atoms with E-state index in [-0.39, 0.29) is 30.6 Å². The van der Waals surface area contributed by atoms with Crippen LogP contribution in [-0.4, -0.2) is 38.7 Å². The molecule has 0 aliphatic rings. The molecule has 0 atom stereocenters. The second kappa shape index (κ2) is 13.6. The van der Waals surface area contributed by atoms with Gasteiger partial charge in [0.25, 0.3) is 5.91 Å². The molecule has 2 aromatic rings. The number of ether oxygens (including phenoxy) is 2. The third kappa shape index (κ3) is 9.45. The van der Waals surface area contributed by atoms with Gasteiger partial charge in [-0.05, 0) is 36.2 Å². The van der Waals surface area contributed by atoms with Crippen LogP contribution < -0.4 is 25.8 Å². The van der Waals surface area contributed by atoms with E-state index < -0.39 is 5.91 Å². The normalized spacial score (nSPS) is 10.5. The summed E-state index contributed by atoms with van der Waals surface area (Å²) in [6, 6.07) is 17.2. The Bertz CT molecular complexity index is 741. The highest BCUT2D eigenvalue weighted by molar-refractivity contribution is 14.0. The van der Waals surface area contributed by atoms with Crippen molar-refractivity contribution in [1.29, 1.82) is 0 Å². The smallest absolute Gasteiger partial charge is 0.255 e. The maximum absolute atomic E-state index is 10.8. The van der Waals surface area contributed by atoms with Gasteiger partial charge in [-0.1, -0.05) is 30.3 Å². The molecule has 0 aromatic heterocycles. The number of carbonyl (C=O) groups excluding carboxylic acids is 1. The third-order valence-electron chi connectivity index (χ3n) is 3.59. The monoisotopic (exact) mass is 498 g/mol. The molecule has 0 unspecified atom stereocenters. The van der Waals surface area contributed by atoms with Crippen molar-refractivity contribution >= 4 is 35.8 Å². The lowest BCUT2D eigenvalue weighted by molar-refractivity contribution is -0.119. The summed E-state index contributed by atoms with van der Waals surface area (Å²) in [4.78, 5) is 15.0. The molecule has 2 rings (SSSR count). The Kier molecular flexibility index (Phi) is 11.5. The lowest BCUT2D eigenvalue weighted by Gasteiger charge is -2.13.